The predicted molar refractivity (Wildman–Crippen MR) is 61.0 cm³/mol. The van der Waals surface area contributed by atoms with Crippen molar-refractivity contribution in [3.8, 4) is 0 Å². The summed E-state index contributed by atoms with van der Waals surface area (Å²) in [5.74, 6) is 0. The summed E-state index contributed by atoms with van der Waals surface area (Å²) in [6.07, 6.45) is 0. The number of hydrogen-bond donors (Lipinski definition) is 0. The van der Waals surface area contributed by atoms with Crippen molar-refractivity contribution < 1.29 is 9.05 Å². The zero-order valence-corrected chi connectivity index (χ0v) is 9.85. The minimum atomic E-state index is -2.18. The summed E-state index contributed by atoms with van der Waals surface area (Å²) in [6, 6.07) is 9.80. The molecule has 1 aromatic carbocycles. The van der Waals surface area contributed by atoms with Crippen LogP contribution in [-0.4, -0.2) is 32.0 Å². The highest BCUT2D eigenvalue weighted by Gasteiger charge is 2.30. The summed E-state index contributed by atoms with van der Waals surface area (Å²) >= 11 is 0. The first-order valence-corrected chi connectivity index (χ1v) is 6.40. The van der Waals surface area contributed by atoms with Gasteiger partial charge in [0.05, 0.1) is 18.9 Å². The van der Waals surface area contributed by atoms with Crippen LogP contribution >= 0.6 is 7.66 Å². The molecule has 0 unspecified atom stereocenters. The Hall–Kier alpha value is -0.670. The third-order valence-corrected chi connectivity index (χ3v) is 4.64. The van der Waals surface area contributed by atoms with Gasteiger partial charge in [-0.25, -0.2) is 9.42 Å². The summed E-state index contributed by atoms with van der Waals surface area (Å²) in [5.41, 5.74) is 0.904. The molecule has 1 fully saturated rings. The SMILES string of the molecule is CN(C)P1(=Nc2ccccc2)OCCO1. The van der Waals surface area contributed by atoms with Crippen LogP contribution in [0.5, 0.6) is 0 Å². The molecular formula is C10H15N2O2P. The molecule has 1 aliphatic rings. The molecule has 1 aliphatic heterocycles. The van der Waals surface area contributed by atoms with Gasteiger partial charge in [0.1, 0.15) is 0 Å². The lowest BCUT2D eigenvalue weighted by Gasteiger charge is -2.22. The van der Waals surface area contributed by atoms with Gasteiger partial charge in [-0.15, -0.1) is 0 Å². The van der Waals surface area contributed by atoms with Gasteiger partial charge in [-0.3, -0.25) is 0 Å². The molecule has 0 aliphatic carbocycles. The van der Waals surface area contributed by atoms with Crippen LogP contribution in [-0.2, 0) is 9.05 Å². The number of nitrogens with zero attached hydrogens (tertiary/aromatic N) is 2. The molecule has 0 amide bonds. The Kier molecular flexibility index (Phi) is 3.22. The van der Waals surface area contributed by atoms with Crippen LogP contribution in [0.1, 0.15) is 0 Å². The Morgan fingerprint density at radius 3 is 2.27 bits per heavy atom. The summed E-state index contributed by atoms with van der Waals surface area (Å²) in [7, 11) is 1.69. The molecule has 4 nitrogen and oxygen atoms in total. The molecule has 1 heterocycles. The smallest absolute Gasteiger partial charge is 0.295 e. The van der Waals surface area contributed by atoms with Gasteiger partial charge < -0.3 is 9.05 Å². The summed E-state index contributed by atoms with van der Waals surface area (Å²) < 4.78 is 17.8. The third kappa shape index (κ3) is 2.29. The van der Waals surface area contributed by atoms with E-state index in [4.69, 9.17) is 9.05 Å². The van der Waals surface area contributed by atoms with Crippen molar-refractivity contribution in [1.82, 2.24) is 4.67 Å². The van der Waals surface area contributed by atoms with Gasteiger partial charge in [-0.1, -0.05) is 18.2 Å². The van der Waals surface area contributed by atoms with E-state index in [1.54, 1.807) is 0 Å². The second-order valence-electron chi connectivity index (χ2n) is 3.44. The monoisotopic (exact) mass is 226 g/mol. The van der Waals surface area contributed by atoms with Crippen LogP contribution in [0.2, 0.25) is 0 Å². The fourth-order valence-electron chi connectivity index (χ4n) is 1.37. The second-order valence-corrected chi connectivity index (χ2v) is 5.94. The first-order chi connectivity index (χ1) is 7.23. The van der Waals surface area contributed by atoms with Crippen LogP contribution in [0.3, 0.4) is 0 Å². The summed E-state index contributed by atoms with van der Waals surface area (Å²) in [6.45, 7) is 1.25. The van der Waals surface area contributed by atoms with E-state index in [1.165, 1.54) is 0 Å². The lowest BCUT2D eigenvalue weighted by molar-refractivity contribution is 0.365. The maximum absolute atomic E-state index is 5.65. The first kappa shape index (κ1) is 10.8. The molecule has 5 heteroatoms. The highest BCUT2D eigenvalue weighted by atomic mass is 31.2. The zero-order valence-electron chi connectivity index (χ0n) is 8.96. The molecular weight excluding hydrogens is 211 g/mol. The second kappa shape index (κ2) is 4.45. The molecule has 0 radical (unpaired) electrons. The molecule has 0 saturated carbocycles. The van der Waals surface area contributed by atoms with Gasteiger partial charge in [0.2, 0.25) is 0 Å². The average molecular weight is 226 g/mol. The van der Waals surface area contributed by atoms with Crippen LogP contribution < -0.4 is 0 Å². The van der Waals surface area contributed by atoms with Gasteiger partial charge in [-0.2, -0.15) is 0 Å². The normalized spacial score (nSPS) is 19.4. The number of hydrogen-bond acceptors (Lipinski definition) is 3. The molecule has 2 rings (SSSR count). The lowest BCUT2D eigenvalue weighted by Crippen LogP contribution is -2.08. The highest BCUT2D eigenvalue weighted by Crippen LogP contribution is 2.58. The Balaban J connectivity index is 2.37. The van der Waals surface area contributed by atoms with E-state index in [1.807, 2.05) is 49.1 Å². The average Bonchev–Trinajstić information content (AvgIpc) is 2.69. The molecule has 0 N–H and O–H groups in total. The van der Waals surface area contributed by atoms with Gasteiger partial charge >= 0.3 is 0 Å². The van der Waals surface area contributed by atoms with E-state index in [0.717, 1.165) is 5.69 Å². The minimum absolute atomic E-state index is 0.627. The predicted octanol–water partition coefficient (Wildman–Crippen LogP) is 2.87. The molecule has 15 heavy (non-hydrogen) atoms. The first-order valence-electron chi connectivity index (χ1n) is 4.87. The Morgan fingerprint density at radius 1 is 1.13 bits per heavy atom. The van der Waals surface area contributed by atoms with Gasteiger partial charge in [0, 0.05) is 0 Å². The van der Waals surface area contributed by atoms with Gasteiger partial charge in [0.15, 0.2) is 0 Å². The Morgan fingerprint density at radius 2 is 1.73 bits per heavy atom. The van der Waals surface area contributed by atoms with E-state index >= 15 is 0 Å². The number of rotatable bonds is 2. The van der Waals surface area contributed by atoms with Crippen LogP contribution in [0.4, 0.5) is 5.69 Å². The molecule has 0 spiro atoms. The van der Waals surface area contributed by atoms with E-state index in [-0.39, 0.29) is 0 Å². The molecule has 1 aromatic rings. The maximum atomic E-state index is 5.65. The van der Waals surface area contributed by atoms with E-state index in [2.05, 4.69) is 4.74 Å². The fourth-order valence-corrected chi connectivity index (χ4v) is 3.25. The summed E-state index contributed by atoms with van der Waals surface area (Å²) in [5, 5.41) is 0. The van der Waals surface area contributed by atoms with Crippen LogP contribution in [0, 0.1) is 0 Å². The Bertz CT molecular complexity index is 368. The van der Waals surface area contributed by atoms with Crippen molar-refractivity contribution in [3.05, 3.63) is 30.3 Å². The van der Waals surface area contributed by atoms with E-state index in [0.29, 0.717) is 13.2 Å². The van der Waals surface area contributed by atoms with Crippen molar-refractivity contribution in [3.63, 3.8) is 0 Å². The molecule has 0 atom stereocenters. The quantitative estimate of drug-likeness (QED) is 0.727. The topological polar surface area (TPSA) is 34.1 Å². The molecule has 0 bridgehead atoms. The van der Waals surface area contributed by atoms with Crippen molar-refractivity contribution in [1.29, 1.82) is 0 Å². The standard InChI is InChI=1S/C10H15N2O2P/c1-12(2)15(13-8-9-14-15)11-10-6-4-3-5-7-10/h3-7H,8-9H2,1-2H3. The van der Waals surface area contributed by atoms with Gasteiger partial charge in [-0.05, 0) is 26.2 Å². The molecule has 82 valence electrons. The summed E-state index contributed by atoms with van der Waals surface area (Å²) in [4.78, 5) is 0. The van der Waals surface area contributed by atoms with Crippen molar-refractivity contribution in [2.24, 2.45) is 4.74 Å². The van der Waals surface area contributed by atoms with Crippen LogP contribution in [0.25, 0.3) is 0 Å². The largest absolute Gasteiger partial charge is 0.309 e. The maximum Gasteiger partial charge on any atom is 0.295 e. The van der Waals surface area contributed by atoms with Crippen molar-refractivity contribution in [2.75, 3.05) is 27.3 Å². The Labute approximate surface area is 90.1 Å². The van der Waals surface area contributed by atoms with Crippen molar-refractivity contribution >= 4 is 13.3 Å². The van der Waals surface area contributed by atoms with E-state index < -0.39 is 7.66 Å². The fraction of sp³-hybridized carbons (Fsp3) is 0.400. The van der Waals surface area contributed by atoms with E-state index in [9.17, 15) is 0 Å². The number of benzene rings is 1. The van der Waals surface area contributed by atoms with Gasteiger partial charge in [0.25, 0.3) is 7.66 Å². The third-order valence-electron chi connectivity index (χ3n) is 2.11. The van der Waals surface area contributed by atoms with Crippen LogP contribution in [0.15, 0.2) is 35.1 Å². The molecule has 0 aromatic heterocycles. The van der Waals surface area contributed by atoms with Crippen molar-refractivity contribution in [2.45, 2.75) is 0 Å². The highest BCUT2D eigenvalue weighted by molar-refractivity contribution is 7.54. The minimum Gasteiger partial charge on any atom is -0.309 e. The zero-order chi connectivity index (χ0) is 10.7. The molecule has 1 saturated heterocycles. The lowest BCUT2D eigenvalue weighted by atomic mass is 10.3.